The Balaban J connectivity index is 1.43. The van der Waals surface area contributed by atoms with Gasteiger partial charge in [0.25, 0.3) is 5.56 Å². The summed E-state index contributed by atoms with van der Waals surface area (Å²) in [5, 5.41) is 0. The summed E-state index contributed by atoms with van der Waals surface area (Å²) in [6.45, 7) is 6.55. The summed E-state index contributed by atoms with van der Waals surface area (Å²) in [5.41, 5.74) is 0.788. The second-order valence-corrected chi connectivity index (χ2v) is 10.6. The average molecular weight is 473 g/mol. The van der Waals surface area contributed by atoms with Gasteiger partial charge >= 0.3 is 6.09 Å². The van der Waals surface area contributed by atoms with Gasteiger partial charge in [0.2, 0.25) is 5.95 Å². The number of ether oxygens (including phenoxy) is 1. The van der Waals surface area contributed by atoms with Gasteiger partial charge < -0.3 is 9.64 Å². The van der Waals surface area contributed by atoms with Crippen LogP contribution in [0.2, 0.25) is 0 Å². The molecule has 3 aliphatic rings. The second kappa shape index (κ2) is 8.06. The summed E-state index contributed by atoms with van der Waals surface area (Å²) in [6.07, 6.45) is 4.04. The molecule has 1 saturated heterocycles. The Morgan fingerprint density at radius 2 is 1.85 bits per heavy atom. The molecule has 182 valence electrons. The molecule has 9 heteroatoms. The van der Waals surface area contributed by atoms with E-state index in [0.717, 1.165) is 43.0 Å². The summed E-state index contributed by atoms with van der Waals surface area (Å²) in [4.78, 5) is 36.5. The molecule has 1 fully saturated rings. The van der Waals surface area contributed by atoms with Gasteiger partial charge in [0, 0.05) is 42.2 Å². The molecular weight excluding hydrogens is 442 g/mol. The van der Waals surface area contributed by atoms with E-state index in [1.54, 1.807) is 20.8 Å². The number of aryl methyl sites for hydroxylation is 1. The number of fused-ring (bicyclic) bond motifs is 3. The smallest absolute Gasteiger partial charge is 0.414 e. The van der Waals surface area contributed by atoms with Crippen molar-refractivity contribution in [1.82, 2.24) is 9.97 Å². The minimum absolute atomic E-state index is 0.0798. The lowest BCUT2D eigenvalue weighted by molar-refractivity contribution is 0.0576. The summed E-state index contributed by atoms with van der Waals surface area (Å²) in [6, 6.07) is 2.10. The van der Waals surface area contributed by atoms with E-state index in [9.17, 15) is 14.0 Å². The van der Waals surface area contributed by atoms with Crippen molar-refractivity contribution in [3.8, 4) is 0 Å². The number of benzene rings is 1. The lowest BCUT2D eigenvalue weighted by atomic mass is 9.74. The van der Waals surface area contributed by atoms with Crippen LogP contribution in [0.1, 0.15) is 63.3 Å². The van der Waals surface area contributed by atoms with E-state index in [4.69, 9.17) is 9.72 Å². The van der Waals surface area contributed by atoms with Crippen molar-refractivity contribution < 1.29 is 18.3 Å². The van der Waals surface area contributed by atoms with Gasteiger partial charge in [-0.1, -0.05) is 0 Å². The van der Waals surface area contributed by atoms with Gasteiger partial charge in [-0.25, -0.2) is 18.6 Å². The lowest BCUT2D eigenvalue weighted by Crippen LogP contribution is -2.47. The Morgan fingerprint density at radius 1 is 1.15 bits per heavy atom. The number of aromatic nitrogens is 2. The maximum Gasteiger partial charge on any atom is 0.414 e. The van der Waals surface area contributed by atoms with Gasteiger partial charge in [-0.15, -0.1) is 0 Å². The van der Waals surface area contributed by atoms with E-state index in [1.807, 2.05) is 4.90 Å². The number of carbonyl (C=O) groups excluding carboxylic acids is 1. The van der Waals surface area contributed by atoms with Crippen LogP contribution in [0.25, 0.3) is 0 Å². The Labute approximate surface area is 197 Å². The molecule has 1 aromatic heterocycles. The number of halogens is 2. The van der Waals surface area contributed by atoms with Crippen molar-refractivity contribution in [2.24, 2.45) is 0 Å². The van der Waals surface area contributed by atoms with Crippen LogP contribution in [-0.2, 0) is 23.0 Å². The number of carbonyl (C=O) groups is 1. The van der Waals surface area contributed by atoms with E-state index >= 15 is 4.39 Å². The van der Waals surface area contributed by atoms with Crippen LogP contribution in [0.5, 0.6) is 0 Å². The largest absolute Gasteiger partial charge is 0.443 e. The molecular formula is C25H30F2N4O3. The zero-order valence-corrected chi connectivity index (χ0v) is 19.8. The maximum atomic E-state index is 15.1. The minimum Gasteiger partial charge on any atom is -0.443 e. The molecule has 7 nitrogen and oxygen atoms in total. The van der Waals surface area contributed by atoms with Crippen molar-refractivity contribution in [2.45, 2.75) is 70.3 Å². The maximum absolute atomic E-state index is 15.1. The third kappa shape index (κ3) is 3.95. The normalized spacial score (nSPS) is 19.2. The van der Waals surface area contributed by atoms with Gasteiger partial charge in [-0.2, -0.15) is 0 Å². The van der Waals surface area contributed by atoms with Gasteiger partial charge in [-0.3, -0.25) is 14.7 Å². The van der Waals surface area contributed by atoms with E-state index < -0.39 is 28.7 Å². The molecule has 0 atom stereocenters. The fraction of sp³-hybridized carbons (Fsp3) is 0.560. The highest BCUT2D eigenvalue weighted by molar-refractivity contribution is 5.92. The number of amides is 1. The molecule has 5 rings (SSSR count). The molecule has 1 aliphatic carbocycles. The highest BCUT2D eigenvalue weighted by Crippen LogP contribution is 2.49. The van der Waals surface area contributed by atoms with E-state index in [1.165, 1.54) is 11.0 Å². The first kappa shape index (κ1) is 22.8. The Kier molecular flexibility index (Phi) is 5.41. The van der Waals surface area contributed by atoms with Gasteiger partial charge in [0.15, 0.2) is 0 Å². The third-order valence-electron chi connectivity index (χ3n) is 7.13. The number of anilines is 2. The number of H-pyrrole nitrogens is 1. The van der Waals surface area contributed by atoms with Crippen LogP contribution in [0.4, 0.5) is 25.2 Å². The Hall–Kier alpha value is -2.97. The molecule has 34 heavy (non-hydrogen) atoms. The molecule has 1 spiro atoms. The first-order chi connectivity index (χ1) is 16.1. The monoisotopic (exact) mass is 472 g/mol. The second-order valence-electron chi connectivity index (χ2n) is 10.6. The third-order valence-corrected chi connectivity index (χ3v) is 7.13. The Morgan fingerprint density at radius 3 is 2.56 bits per heavy atom. The van der Waals surface area contributed by atoms with Crippen molar-refractivity contribution >= 4 is 17.7 Å². The van der Waals surface area contributed by atoms with Crippen LogP contribution < -0.4 is 15.4 Å². The molecule has 1 N–H and O–H groups in total. The van der Waals surface area contributed by atoms with E-state index in [2.05, 4.69) is 4.98 Å². The molecule has 0 bridgehead atoms. The fourth-order valence-electron chi connectivity index (χ4n) is 5.54. The topological polar surface area (TPSA) is 78.5 Å². The minimum atomic E-state index is -0.730. The van der Waals surface area contributed by atoms with E-state index in [0.29, 0.717) is 37.4 Å². The average Bonchev–Trinajstić information content (AvgIpc) is 3.07. The number of piperidine rings is 1. The number of nitrogens with zero attached hydrogens (tertiary/aromatic N) is 3. The zero-order valence-electron chi connectivity index (χ0n) is 19.8. The summed E-state index contributed by atoms with van der Waals surface area (Å²) >= 11 is 0. The number of rotatable bonds is 1. The van der Waals surface area contributed by atoms with Crippen molar-refractivity contribution in [3.63, 3.8) is 0 Å². The Bertz CT molecular complexity index is 1200. The molecule has 2 aromatic rings. The predicted octanol–water partition coefficient (Wildman–Crippen LogP) is 4.22. The van der Waals surface area contributed by atoms with E-state index in [-0.39, 0.29) is 17.8 Å². The summed E-state index contributed by atoms with van der Waals surface area (Å²) in [5.74, 6) is -0.827. The number of hydrogen-bond donors (Lipinski definition) is 1. The van der Waals surface area contributed by atoms with Crippen LogP contribution >= 0.6 is 0 Å². The highest BCUT2D eigenvalue weighted by Gasteiger charge is 2.49. The molecule has 0 saturated carbocycles. The van der Waals surface area contributed by atoms with Crippen LogP contribution in [0.3, 0.4) is 0 Å². The van der Waals surface area contributed by atoms with Crippen molar-refractivity contribution in [2.75, 3.05) is 29.4 Å². The number of nitrogens with one attached hydrogen (secondary N) is 1. The molecule has 2 aliphatic heterocycles. The number of aromatic amines is 1. The summed E-state index contributed by atoms with van der Waals surface area (Å²) < 4.78 is 34.8. The first-order valence-corrected chi connectivity index (χ1v) is 11.9. The molecule has 3 heterocycles. The first-order valence-electron chi connectivity index (χ1n) is 11.9. The number of hydrogen-bond acceptors (Lipinski definition) is 5. The molecule has 0 unspecified atom stereocenters. The van der Waals surface area contributed by atoms with Crippen LogP contribution in [0.15, 0.2) is 16.9 Å². The van der Waals surface area contributed by atoms with Gasteiger partial charge in [-0.05, 0) is 65.4 Å². The van der Waals surface area contributed by atoms with Gasteiger partial charge in [0.1, 0.15) is 17.2 Å². The molecule has 0 radical (unpaired) electrons. The van der Waals surface area contributed by atoms with Crippen LogP contribution in [-0.4, -0.2) is 41.3 Å². The SMILES string of the molecule is CC(C)(C)OC(=O)N1CC2(CCN(c3nc4c(c(=O)[nH]3)CCCC4)CC2)c2c(F)cc(F)cc21. The predicted molar refractivity (Wildman–Crippen MR) is 125 cm³/mol. The quantitative estimate of drug-likeness (QED) is 0.673. The lowest BCUT2D eigenvalue weighted by Gasteiger charge is -2.40. The molecule has 1 amide bonds. The fourth-order valence-corrected chi connectivity index (χ4v) is 5.54. The van der Waals surface area contributed by atoms with Crippen molar-refractivity contribution in [1.29, 1.82) is 0 Å². The zero-order chi connectivity index (χ0) is 24.3. The van der Waals surface area contributed by atoms with Crippen LogP contribution in [0, 0.1) is 11.6 Å². The summed E-state index contributed by atoms with van der Waals surface area (Å²) in [7, 11) is 0. The highest BCUT2D eigenvalue weighted by atomic mass is 19.1. The standard InChI is InChI=1S/C25H30F2N4O3/c1-24(2,3)34-23(33)31-14-25(20-17(27)12-15(26)13-19(20)31)8-10-30(11-9-25)22-28-18-7-5-4-6-16(18)21(32)29-22/h12-13H,4-11,14H2,1-3H3,(H,28,29,32). The van der Waals surface area contributed by atoms with Gasteiger partial charge in [0.05, 0.1) is 11.4 Å². The van der Waals surface area contributed by atoms with Crippen molar-refractivity contribution in [3.05, 3.63) is 50.9 Å². The molecule has 1 aromatic carbocycles.